The lowest BCUT2D eigenvalue weighted by molar-refractivity contribution is 0.122. The molecule has 1 saturated carbocycles. The summed E-state index contributed by atoms with van der Waals surface area (Å²) in [5.74, 6) is 1.45. The molecular weight excluding hydrogens is 498 g/mol. The first kappa shape index (κ1) is 24.6. The second kappa shape index (κ2) is 11.3. The highest BCUT2D eigenvalue weighted by molar-refractivity contribution is 7.17. The smallest absolute Gasteiger partial charge is 0.319 e. The van der Waals surface area contributed by atoms with Gasteiger partial charge in [0.1, 0.15) is 5.82 Å². The standard InChI is InChI=1S/C28H31N7O2S/c36-28(32-20-6-2-1-3-7-20)33-21-8-4-5-19(15-21)23-18-38-24-17-30-27(34-26(23)24)31-22-9-10-25(29-16-22)35-11-13-37-14-12-35/h4-5,8-10,15-18,20H,1-3,6-7,11-14H2,(H,30,31,34)(H2,32,33,36). The van der Waals surface area contributed by atoms with Gasteiger partial charge in [0.25, 0.3) is 0 Å². The predicted molar refractivity (Wildman–Crippen MR) is 152 cm³/mol. The number of hydrogen-bond acceptors (Lipinski definition) is 8. The number of rotatable bonds is 6. The van der Waals surface area contributed by atoms with Crippen molar-refractivity contribution in [2.24, 2.45) is 0 Å². The molecule has 1 aliphatic heterocycles. The number of nitrogens with one attached hydrogen (secondary N) is 3. The Morgan fingerprint density at radius 3 is 2.68 bits per heavy atom. The topological polar surface area (TPSA) is 104 Å². The van der Waals surface area contributed by atoms with E-state index in [0.717, 1.165) is 77.7 Å². The molecule has 2 amide bonds. The minimum absolute atomic E-state index is 0.147. The Hall–Kier alpha value is -3.76. The number of anilines is 4. The van der Waals surface area contributed by atoms with Crippen molar-refractivity contribution in [3.05, 3.63) is 54.2 Å². The van der Waals surface area contributed by atoms with Gasteiger partial charge in [-0.05, 0) is 42.7 Å². The molecule has 2 aliphatic rings. The van der Waals surface area contributed by atoms with Gasteiger partial charge in [-0.25, -0.2) is 19.7 Å². The van der Waals surface area contributed by atoms with Crippen LogP contribution in [0, 0.1) is 0 Å². The first-order valence-corrected chi connectivity index (χ1v) is 14.1. The van der Waals surface area contributed by atoms with Crippen molar-refractivity contribution >= 4 is 50.7 Å². The fourth-order valence-corrected chi connectivity index (χ4v) is 5.90. The van der Waals surface area contributed by atoms with E-state index in [2.05, 4.69) is 36.2 Å². The quantitative estimate of drug-likeness (QED) is 0.290. The van der Waals surface area contributed by atoms with Crippen molar-refractivity contribution in [2.45, 2.75) is 38.1 Å². The molecule has 4 aromatic rings. The van der Waals surface area contributed by atoms with Gasteiger partial charge in [-0.1, -0.05) is 31.4 Å². The van der Waals surface area contributed by atoms with Crippen LogP contribution >= 0.6 is 11.3 Å². The number of aromatic nitrogens is 3. The van der Waals surface area contributed by atoms with Crippen LogP contribution in [0.5, 0.6) is 0 Å². The first-order chi connectivity index (χ1) is 18.7. The van der Waals surface area contributed by atoms with Crippen molar-refractivity contribution < 1.29 is 9.53 Å². The molecule has 0 atom stereocenters. The summed E-state index contributed by atoms with van der Waals surface area (Å²) in [6.07, 6.45) is 9.38. The summed E-state index contributed by atoms with van der Waals surface area (Å²) < 4.78 is 6.43. The van der Waals surface area contributed by atoms with E-state index >= 15 is 0 Å². The number of morpholine rings is 1. The highest BCUT2D eigenvalue weighted by atomic mass is 32.1. The summed E-state index contributed by atoms with van der Waals surface area (Å²) in [5.41, 5.74) is 4.46. The van der Waals surface area contributed by atoms with Crippen LogP contribution in [0.3, 0.4) is 0 Å². The summed E-state index contributed by atoms with van der Waals surface area (Å²) in [4.78, 5) is 28.7. The third-order valence-electron chi connectivity index (χ3n) is 7.02. The highest BCUT2D eigenvalue weighted by Gasteiger charge is 2.17. The van der Waals surface area contributed by atoms with Gasteiger partial charge in [0.05, 0.1) is 41.5 Å². The van der Waals surface area contributed by atoms with Crippen LogP contribution in [0.1, 0.15) is 32.1 Å². The summed E-state index contributed by atoms with van der Waals surface area (Å²) in [6, 6.07) is 12.0. The fourth-order valence-electron chi connectivity index (χ4n) is 5.03. The van der Waals surface area contributed by atoms with Crippen LogP contribution in [0.15, 0.2) is 54.2 Å². The van der Waals surface area contributed by atoms with Crippen molar-refractivity contribution in [3.63, 3.8) is 0 Å². The Balaban J connectivity index is 1.16. The van der Waals surface area contributed by atoms with Crippen molar-refractivity contribution in [2.75, 3.05) is 41.8 Å². The van der Waals surface area contributed by atoms with Crippen molar-refractivity contribution in [1.29, 1.82) is 0 Å². The Bertz CT molecular complexity index is 1400. The van der Waals surface area contributed by atoms with Crippen molar-refractivity contribution in [1.82, 2.24) is 20.3 Å². The molecule has 2 fully saturated rings. The minimum atomic E-state index is -0.147. The molecule has 4 heterocycles. The average molecular weight is 530 g/mol. The summed E-state index contributed by atoms with van der Waals surface area (Å²) in [5, 5.41) is 11.5. The largest absolute Gasteiger partial charge is 0.378 e. The van der Waals surface area contributed by atoms with Gasteiger partial charge in [-0.15, -0.1) is 11.3 Å². The van der Waals surface area contributed by atoms with Gasteiger partial charge in [-0.2, -0.15) is 0 Å². The Morgan fingerprint density at radius 1 is 1.00 bits per heavy atom. The van der Waals surface area contributed by atoms with E-state index in [9.17, 15) is 4.79 Å². The number of hydrogen-bond donors (Lipinski definition) is 3. The SMILES string of the molecule is O=C(Nc1cccc(-c2csc3cnc(Nc4ccc(N5CCOCC5)nc4)nc23)c1)NC1CCCCC1. The predicted octanol–water partition coefficient (Wildman–Crippen LogP) is 5.79. The summed E-state index contributed by atoms with van der Waals surface area (Å²) in [6.45, 7) is 3.15. The minimum Gasteiger partial charge on any atom is -0.378 e. The molecule has 0 bridgehead atoms. The monoisotopic (exact) mass is 529 g/mol. The van der Waals surface area contributed by atoms with Gasteiger partial charge < -0.3 is 25.6 Å². The number of fused-ring (bicyclic) bond motifs is 1. The molecule has 0 spiro atoms. The molecule has 3 N–H and O–H groups in total. The molecule has 1 aromatic carbocycles. The van der Waals surface area contributed by atoms with Gasteiger partial charge >= 0.3 is 6.03 Å². The molecule has 0 unspecified atom stereocenters. The van der Waals surface area contributed by atoms with Gasteiger partial charge in [0.15, 0.2) is 0 Å². The summed E-state index contributed by atoms with van der Waals surface area (Å²) in [7, 11) is 0. The molecule has 0 radical (unpaired) electrons. The van der Waals surface area contributed by atoms with E-state index in [1.807, 2.05) is 42.6 Å². The van der Waals surface area contributed by atoms with E-state index in [0.29, 0.717) is 5.95 Å². The van der Waals surface area contributed by atoms with Gasteiger partial charge in [0, 0.05) is 35.8 Å². The van der Waals surface area contributed by atoms with E-state index in [-0.39, 0.29) is 12.1 Å². The Morgan fingerprint density at radius 2 is 1.87 bits per heavy atom. The van der Waals surface area contributed by atoms with Crippen molar-refractivity contribution in [3.8, 4) is 11.1 Å². The lowest BCUT2D eigenvalue weighted by atomic mass is 9.96. The van der Waals surface area contributed by atoms with Gasteiger partial charge in [0.2, 0.25) is 5.95 Å². The van der Waals surface area contributed by atoms with E-state index in [1.54, 1.807) is 17.5 Å². The van der Waals surface area contributed by atoms with Crippen LogP contribution in [0.2, 0.25) is 0 Å². The number of amides is 2. The normalized spacial score (nSPS) is 16.4. The molecule has 38 heavy (non-hydrogen) atoms. The number of ether oxygens (including phenoxy) is 1. The lowest BCUT2D eigenvalue weighted by Crippen LogP contribution is -2.39. The Kier molecular flexibility index (Phi) is 7.32. The molecule has 1 aliphatic carbocycles. The van der Waals surface area contributed by atoms with Crippen LogP contribution in [-0.2, 0) is 4.74 Å². The zero-order valence-corrected chi connectivity index (χ0v) is 22.0. The van der Waals surface area contributed by atoms with Crippen LogP contribution in [0.25, 0.3) is 21.3 Å². The lowest BCUT2D eigenvalue weighted by Gasteiger charge is -2.27. The first-order valence-electron chi connectivity index (χ1n) is 13.2. The molecule has 1 saturated heterocycles. The van der Waals surface area contributed by atoms with E-state index in [1.165, 1.54) is 19.3 Å². The van der Waals surface area contributed by atoms with Gasteiger partial charge in [-0.3, -0.25) is 0 Å². The fraction of sp³-hybridized carbons (Fsp3) is 0.357. The van der Waals surface area contributed by atoms with Crippen LogP contribution in [-0.4, -0.2) is 53.3 Å². The number of carbonyl (C=O) groups is 1. The number of urea groups is 1. The third kappa shape index (κ3) is 5.71. The maximum Gasteiger partial charge on any atom is 0.319 e. The third-order valence-corrected chi connectivity index (χ3v) is 7.93. The highest BCUT2D eigenvalue weighted by Crippen LogP contribution is 2.34. The number of carbonyl (C=O) groups excluding carboxylic acids is 1. The van der Waals surface area contributed by atoms with Crippen LogP contribution in [0.4, 0.5) is 27.9 Å². The van der Waals surface area contributed by atoms with E-state index in [4.69, 9.17) is 9.72 Å². The molecular formula is C28H31N7O2S. The molecule has 196 valence electrons. The molecule has 9 nitrogen and oxygen atoms in total. The van der Waals surface area contributed by atoms with E-state index < -0.39 is 0 Å². The number of nitrogens with zero attached hydrogens (tertiary/aromatic N) is 4. The average Bonchev–Trinajstić information content (AvgIpc) is 3.38. The maximum atomic E-state index is 12.6. The molecule has 10 heteroatoms. The molecule has 6 rings (SSSR count). The Labute approximate surface area is 225 Å². The summed E-state index contributed by atoms with van der Waals surface area (Å²) >= 11 is 1.60. The molecule has 3 aromatic heterocycles. The number of benzene rings is 1. The number of pyridine rings is 1. The van der Waals surface area contributed by atoms with Crippen LogP contribution < -0.4 is 20.9 Å². The number of thiophene rings is 1. The zero-order chi connectivity index (χ0) is 25.7. The zero-order valence-electron chi connectivity index (χ0n) is 21.2. The second-order valence-corrected chi connectivity index (χ2v) is 10.6. The maximum absolute atomic E-state index is 12.6. The second-order valence-electron chi connectivity index (χ2n) is 9.70.